The number of hydrogen-bond acceptors (Lipinski definition) is 2. The molecular formula is C16H24BrNS. The van der Waals surface area contributed by atoms with Crippen LogP contribution in [0.3, 0.4) is 0 Å². The van der Waals surface area contributed by atoms with Crippen LogP contribution in [0.1, 0.15) is 57.6 Å². The summed E-state index contributed by atoms with van der Waals surface area (Å²) in [7, 11) is 0. The second-order valence-electron chi connectivity index (χ2n) is 5.39. The summed E-state index contributed by atoms with van der Waals surface area (Å²) in [6.07, 6.45) is 6.76. The quantitative estimate of drug-likeness (QED) is 0.728. The first-order valence-electron chi connectivity index (χ1n) is 7.40. The van der Waals surface area contributed by atoms with Gasteiger partial charge in [-0.2, -0.15) is 0 Å². The van der Waals surface area contributed by atoms with Gasteiger partial charge in [-0.05, 0) is 66.4 Å². The zero-order valence-electron chi connectivity index (χ0n) is 11.9. The molecule has 1 N–H and O–H groups in total. The van der Waals surface area contributed by atoms with Crippen molar-refractivity contribution < 1.29 is 0 Å². The molecule has 2 rings (SSSR count). The molecule has 1 atom stereocenters. The summed E-state index contributed by atoms with van der Waals surface area (Å²) in [5, 5.41) is 4.37. The minimum absolute atomic E-state index is 0.432. The van der Waals surface area contributed by atoms with Crippen LogP contribution in [0.5, 0.6) is 0 Å². The molecule has 19 heavy (non-hydrogen) atoms. The summed E-state index contributed by atoms with van der Waals surface area (Å²) in [6, 6.07) is 7.27. The van der Waals surface area contributed by atoms with Crippen LogP contribution in [-0.2, 0) is 0 Å². The van der Waals surface area contributed by atoms with Gasteiger partial charge in [0.15, 0.2) is 0 Å². The van der Waals surface area contributed by atoms with E-state index in [2.05, 4.69) is 53.3 Å². The molecule has 1 nitrogen and oxygen atoms in total. The Balaban J connectivity index is 1.99. The van der Waals surface area contributed by atoms with E-state index in [1.165, 1.54) is 47.0 Å². The number of halogens is 1. The Morgan fingerprint density at radius 2 is 2.11 bits per heavy atom. The van der Waals surface area contributed by atoms with Crippen molar-refractivity contribution >= 4 is 27.7 Å². The third kappa shape index (κ3) is 4.51. The van der Waals surface area contributed by atoms with Crippen LogP contribution in [0.25, 0.3) is 0 Å². The van der Waals surface area contributed by atoms with Crippen LogP contribution < -0.4 is 5.32 Å². The van der Waals surface area contributed by atoms with E-state index in [1.54, 1.807) is 0 Å². The van der Waals surface area contributed by atoms with E-state index < -0.39 is 0 Å². The summed E-state index contributed by atoms with van der Waals surface area (Å²) in [5.41, 5.74) is 1.37. The maximum Gasteiger partial charge on any atom is 0.0314 e. The lowest BCUT2D eigenvalue weighted by atomic mass is 10.1. The third-order valence-corrected chi connectivity index (χ3v) is 6.09. The first kappa shape index (κ1) is 15.4. The number of hydrogen-bond donors (Lipinski definition) is 1. The van der Waals surface area contributed by atoms with Crippen LogP contribution in [0, 0.1) is 0 Å². The predicted octanol–water partition coefficient (Wildman–Crippen LogP) is 5.54. The summed E-state index contributed by atoms with van der Waals surface area (Å²) < 4.78 is 1.26. The first-order valence-corrected chi connectivity index (χ1v) is 9.07. The molecule has 106 valence electrons. The lowest BCUT2D eigenvalue weighted by Crippen LogP contribution is -2.19. The van der Waals surface area contributed by atoms with Crippen molar-refractivity contribution in [3.8, 4) is 0 Å². The molecule has 0 radical (unpaired) electrons. The van der Waals surface area contributed by atoms with Gasteiger partial charge in [0.2, 0.25) is 0 Å². The van der Waals surface area contributed by atoms with E-state index in [-0.39, 0.29) is 0 Å². The van der Waals surface area contributed by atoms with Gasteiger partial charge in [-0.25, -0.2) is 0 Å². The average molecular weight is 342 g/mol. The van der Waals surface area contributed by atoms with Gasteiger partial charge >= 0.3 is 0 Å². The fourth-order valence-corrected chi connectivity index (χ4v) is 4.47. The van der Waals surface area contributed by atoms with Crippen molar-refractivity contribution in [1.82, 2.24) is 5.32 Å². The van der Waals surface area contributed by atoms with Crippen LogP contribution in [0.15, 0.2) is 27.6 Å². The molecule has 3 heteroatoms. The molecule has 1 aliphatic carbocycles. The van der Waals surface area contributed by atoms with Crippen LogP contribution in [-0.4, -0.2) is 11.8 Å². The average Bonchev–Trinajstić information content (AvgIpc) is 2.91. The summed E-state index contributed by atoms with van der Waals surface area (Å²) in [6.45, 7) is 5.52. The normalized spacial score (nSPS) is 17.8. The standard InChI is InChI=1S/C16H24BrNS/c1-3-10-18-12(2)13-8-9-16(15(17)11-13)19-14-6-4-5-7-14/h8-9,11-12,14,18H,3-7,10H2,1-2H3. The van der Waals surface area contributed by atoms with Crippen LogP contribution in [0.4, 0.5) is 0 Å². The highest BCUT2D eigenvalue weighted by Gasteiger charge is 2.17. The molecule has 0 saturated heterocycles. The Labute approximate surface area is 130 Å². The summed E-state index contributed by atoms with van der Waals surface area (Å²) in [4.78, 5) is 1.40. The van der Waals surface area contributed by atoms with E-state index in [1.807, 2.05) is 11.8 Å². The zero-order chi connectivity index (χ0) is 13.7. The van der Waals surface area contributed by atoms with E-state index in [0.717, 1.165) is 11.8 Å². The zero-order valence-corrected chi connectivity index (χ0v) is 14.3. The van der Waals surface area contributed by atoms with Gasteiger partial charge in [0.25, 0.3) is 0 Å². The van der Waals surface area contributed by atoms with Gasteiger partial charge in [0.05, 0.1) is 0 Å². The maximum atomic E-state index is 3.74. The molecule has 1 aliphatic rings. The monoisotopic (exact) mass is 341 g/mol. The van der Waals surface area contributed by atoms with E-state index in [0.29, 0.717) is 6.04 Å². The maximum absolute atomic E-state index is 3.74. The molecular weight excluding hydrogens is 318 g/mol. The molecule has 1 fully saturated rings. The molecule has 0 aromatic heterocycles. The van der Waals surface area contributed by atoms with Gasteiger partial charge in [0.1, 0.15) is 0 Å². The molecule has 0 bridgehead atoms. The van der Waals surface area contributed by atoms with Gasteiger partial charge in [-0.15, -0.1) is 11.8 Å². The Morgan fingerprint density at radius 1 is 1.37 bits per heavy atom. The largest absolute Gasteiger partial charge is 0.310 e. The lowest BCUT2D eigenvalue weighted by molar-refractivity contribution is 0.570. The van der Waals surface area contributed by atoms with Gasteiger partial charge in [-0.3, -0.25) is 0 Å². The number of nitrogens with one attached hydrogen (secondary N) is 1. The first-order chi connectivity index (χ1) is 9.20. The fourth-order valence-electron chi connectivity index (χ4n) is 2.55. The number of thioether (sulfide) groups is 1. The summed E-state index contributed by atoms with van der Waals surface area (Å²) in [5.74, 6) is 0. The smallest absolute Gasteiger partial charge is 0.0314 e. The van der Waals surface area contributed by atoms with Crippen LogP contribution >= 0.6 is 27.7 Å². The molecule has 0 amide bonds. The molecule has 1 saturated carbocycles. The molecule has 0 aliphatic heterocycles. The number of rotatable bonds is 6. The van der Waals surface area contributed by atoms with Crippen molar-refractivity contribution in [3.05, 3.63) is 28.2 Å². The Bertz CT molecular complexity index is 402. The minimum Gasteiger partial charge on any atom is -0.310 e. The van der Waals surface area contributed by atoms with E-state index in [9.17, 15) is 0 Å². The molecule has 1 aromatic carbocycles. The highest BCUT2D eigenvalue weighted by Crippen LogP contribution is 2.38. The molecule has 0 heterocycles. The van der Waals surface area contributed by atoms with Crippen molar-refractivity contribution in [2.75, 3.05) is 6.54 Å². The van der Waals surface area contributed by atoms with E-state index >= 15 is 0 Å². The Kier molecular flexibility index (Phi) is 6.24. The highest BCUT2D eigenvalue weighted by molar-refractivity contribution is 9.10. The Hall–Kier alpha value is 0.01000. The second kappa shape index (κ2) is 7.70. The van der Waals surface area contributed by atoms with Gasteiger partial charge < -0.3 is 5.32 Å². The van der Waals surface area contributed by atoms with Crippen molar-refractivity contribution in [2.24, 2.45) is 0 Å². The topological polar surface area (TPSA) is 12.0 Å². The third-order valence-electron chi connectivity index (χ3n) is 3.75. The van der Waals surface area contributed by atoms with Gasteiger partial charge in [0, 0.05) is 20.7 Å². The molecule has 1 unspecified atom stereocenters. The van der Waals surface area contributed by atoms with Crippen molar-refractivity contribution in [2.45, 2.75) is 62.1 Å². The molecule has 1 aromatic rings. The van der Waals surface area contributed by atoms with E-state index in [4.69, 9.17) is 0 Å². The number of benzene rings is 1. The lowest BCUT2D eigenvalue weighted by Gasteiger charge is -2.16. The predicted molar refractivity (Wildman–Crippen MR) is 89.0 cm³/mol. The SMILES string of the molecule is CCCNC(C)c1ccc(SC2CCCC2)c(Br)c1. The molecule has 0 spiro atoms. The van der Waals surface area contributed by atoms with Crippen LogP contribution in [0.2, 0.25) is 0 Å². The van der Waals surface area contributed by atoms with Crippen molar-refractivity contribution in [1.29, 1.82) is 0 Å². The van der Waals surface area contributed by atoms with Crippen molar-refractivity contribution in [3.63, 3.8) is 0 Å². The Morgan fingerprint density at radius 3 is 2.74 bits per heavy atom. The summed E-state index contributed by atoms with van der Waals surface area (Å²) >= 11 is 5.79. The fraction of sp³-hybridized carbons (Fsp3) is 0.625. The minimum atomic E-state index is 0.432. The second-order valence-corrected chi connectivity index (χ2v) is 7.59. The van der Waals surface area contributed by atoms with Gasteiger partial charge in [-0.1, -0.05) is 25.8 Å². The highest BCUT2D eigenvalue weighted by atomic mass is 79.9.